The lowest BCUT2D eigenvalue weighted by molar-refractivity contribution is -0.124. The number of sulfonamides is 1. The highest BCUT2D eigenvalue weighted by Crippen LogP contribution is 2.26. The van der Waals surface area contributed by atoms with Crippen LogP contribution in [0.4, 0.5) is 0 Å². The molecule has 0 saturated carbocycles. The Labute approximate surface area is 182 Å². The van der Waals surface area contributed by atoms with E-state index in [1.54, 1.807) is 36.4 Å². The van der Waals surface area contributed by atoms with Crippen LogP contribution in [-0.4, -0.2) is 55.3 Å². The third kappa shape index (κ3) is 5.62. The molecule has 1 saturated heterocycles. The maximum absolute atomic E-state index is 13.0. The standard InChI is InChI=1S/C22H27N3O5S/c1-16-8-10-19(11-9-16)31(29,30)25-14-3-7-20(25)22(28)24-13-4-12-23-21(27)17-5-2-6-18(26)15-17/h2,5-6,8-11,15,20,26H,3-4,7,12-14H2,1H3,(H,23,27)(H,24,28)/t20-/m0/s1. The summed E-state index contributed by atoms with van der Waals surface area (Å²) < 4.78 is 27.2. The summed E-state index contributed by atoms with van der Waals surface area (Å²) in [6.45, 7) is 2.85. The van der Waals surface area contributed by atoms with Crippen molar-refractivity contribution in [2.24, 2.45) is 0 Å². The van der Waals surface area contributed by atoms with Crippen LogP contribution in [0, 0.1) is 6.92 Å². The summed E-state index contributed by atoms with van der Waals surface area (Å²) in [5.74, 6) is -0.623. The Morgan fingerprint density at radius 1 is 1.10 bits per heavy atom. The fraction of sp³-hybridized carbons (Fsp3) is 0.364. The molecular formula is C22H27N3O5S. The van der Waals surface area contributed by atoms with Gasteiger partial charge in [-0.2, -0.15) is 4.31 Å². The first-order chi connectivity index (χ1) is 14.8. The Morgan fingerprint density at radius 2 is 1.81 bits per heavy atom. The molecule has 8 nitrogen and oxygen atoms in total. The molecular weight excluding hydrogens is 418 g/mol. The maximum Gasteiger partial charge on any atom is 0.251 e. The Kier molecular flexibility index (Phi) is 7.29. The van der Waals surface area contributed by atoms with Gasteiger partial charge in [-0.3, -0.25) is 9.59 Å². The molecule has 1 atom stereocenters. The van der Waals surface area contributed by atoms with Crippen LogP contribution in [0.3, 0.4) is 0 Å². The third-order valence-electron chi connectivity index (χ3n) is 5.18. The number of hydrogen-bond donors (Lipinski definition) is 3. The molecule has 1 fully saturated rings. The molecule has 31 heavy (non-hydrogen) atoms. The van der Waals surface area contributed by atoms with Gasteiger partial charge in [-0.15, -0.1) is 0 Å². The second-order valence-corrected chi connectivity index (χ2v) is 9.43. The van der Waals surface area contributed by atoms with Gasteiger partial charge in [0.25, 0.3) is 5.91 Å². The van der Waals surface area contributed by atoms with Crippen molar-refractivity contribution < 1.29 is 23.1 Å². The van der Waals surface area contributed by atoms with E-state index >= 15 is 0 Å². The lowest BCUT2D eigenvalue weighted by atomic mass is 10.2. The van der Waals surface area contributed by atoms with Crippen LogP contribution in [0.25, 0.3) is 0 Å². The van der Waals surface area contributed by atoms with Gasteiger partial charge in [0, 0.05) is 25.2 Å². The van der Waals surface area contributed by atoms with E-state index < -0.39 is 16.1 Å². The van der Waals surface area contributed by atoms with E-state index in [1.807, 2.05) is 6.92 Å². The van der Waals surface area contributed by atoms with E-state index in [0.717, 1.165) is 5.56 Å². The van der Waals surface area contributed by atoms with Crippen molar-refractivity contribution in [3.05, 3.63) is 59.7 Å². The SMILES string of the molecule is Cc1ccc(S(=O)(=O)N2CCC[C@H]2C(=O)NCCCNC(=O)c2cccc(O)c2)cc1. The molecule has 1 aliphatic rings. The molecule has 2 aromatic rings. The minimum absolute atomic E-state index is 0.0154. The van der Waals surface area contributed by atoms with E-state index in [-0.39, 0.29) is 22.5 Å². The van der Waals surface area contributed by atoms with Gasteiger partial charge in [-0.05, 0) is 56.5 Å². The van der Waals surface area contributed by atoms with E-state index in [9.17, 15) is 23.1 Å². The molecule has 0 radical (unpaired) electrons. The Balaban J connectivity index is 1.48. The topological polar surface area (TPSA) is 116 Å². The normalized spacial score (nSPS) is 16.7. The average Bonchev–Trinajstić information content (AvgIpc) is 3.24. The van der Waals surface area contributed by atoms with Gasteiger partial charge in [0.2, 0.25) is 15.9 Å². The molecule has 0 aliphatic carbocycles. The summed E-state index contributed by atoms with van der Waals surface area (Å²) in [5.41, 5.74) is 1.32. The van der Waals surface area contributed by atoms with E-state index in [0.29, 0.717) is 44.5 Å². The molecule has 3 rings (SSSR count). The van der Waals surface area contributed by atoms with Crippen LogP contribution in [0.5, 0.6) is 5.75 Å². The number of phenolic OH excluding ortho intramolecular Hbond substituents is 1. The Hall–Kier alpha value is -2.91. The van der Waals surface area contributed by atoms with Crippen LogP contribution in [0.1, 0.15) is 35.2 Å². The molecule has 0 aromatic heterocycles. The van der Waals surface area contributed by atoms with Gasteiger partial charge >= 0.3 is 0 Å². The Morgan fingerprint density at radius 3 is 2.52 bits per heavy atom. The zero-order valence-electron chi connectivity index (χ0n) is 17.4. The summed E-state index contributed by atoms with van der Waals surface area (Å²) in [6.07, 6.45) is 1.60. The molecule has 0 spiro atoms. The first-order valence-corrected chi connectivity index (χ1v) is 11.7. The van der Waals surface area contributed by atoms with Crippen LogP contribution in [0.2, 0.25) is 0 Å². The highest BCUT2D eigenvalue weighted by atomic mass is 32.2. The monoisotopic (exact) mass is 445 g/mol. The van der Waals surface area contributed by atoms with E-state index in [4.69, 9.17) is 0 Å². The van der Waals surface area contributed by atoms with Crippen molar-refractivity contribution in [2.45, 2.75) is 37.1 Å². The fourth-order valence-electron chi connectivity index (χ4n) is 3.50. The zero-order chi connectivity index (χ0) is 22.4. The van der Waals surface area contributed by atoms with Gasteiger partial charge in [0.15, 0.2) is 0 Å². The first-order valence-electron chi connectivity index (χ1n) is 10.2. The number of phenols is 1. The minimum atomic E-state index is -3.74. The van der Waals surface area contributed by atoms with Crippen molar-refractivity contribution >= 4 is 21.8 Å². The second-order valence-electron chi connectivity index (χ2n) is 7.54. The second kappa shape index (κ2) is 9.93. The van der Waals surface area contributed by atoms with Crippen LogP contribution in [0.15, 0.2) is 53.4 Å². The van der Waals surface area contributed by atoms with Gasteiger partial charge in [-0.25, -0.2) is 8.42 Å². The van der Waals surface area contributed by atoms with Crippen molar-refractivity contribution in [3.8, 4) is 5.75 Å². The quantitative estimate of drug-likeness (QED) is 0.536. The molecule has 0 bridgehead atoms. The number of rotatable bonds is 8. The number of aromatic hydroxyl groups is 1. The summed E-state index contributed by atoms with van der Waals surface area (Å²) >= 11 is 0. The van der Waals surface area contributed by atoms with Gasteiger partial charge in [-0.1, -0.05) is 23.8 Å². The summed E-state index contributed by atoms with van der Waals surface area (Å²) in [5, 5.41) is 14.9. The highest BCUT2D eigenvalue weighted by Gasteiger charge is 2.39. The average molecular weight is 446 g/mol. The molecule has 9 heteroatoms. The molecule has 2 amide bonds. The van der Waals surface area contributed by atoms with Crippen molar-refractivity contribution in [2.75, 3.05) is 19.6 Å². The van der Waals surface area contributed by atoms with Crippen molar-refractivity contribution in [1.29, 1.82) is 0 Å². The first kappa shape index (κ1) is 22.8. The van der Waals surface area contributed by atoms with Gasteiger partial charge in [0.05, 0.1) is 4.90 Å². The third-order valence-corrected chi connectivity index (χ3v) is 7.10. The minimum Gasteiger partial charge on any atom is -0.508 e. The smallest absolute Gasteiger partial charge is 0.251 e. The van der Waals surface area contributed by atoms with Gasteiger partial charge in [0.1, 0.15) is 11.8 Å². The van der Waals surface area contributed by atoms with Gasteiger partial charge < -0.3 is 15.7 Å². The number of benzene rings is 2. The summed E-state index contributed by atoms with van der Waals surface area (Å²) in [6, 6.07) is 11.9. The molecule has 2 aromatic carbocycles. The molecule has 166 valence electrons. The predicted molar refractivity (Wildman–Crippen MR) is 116 cm³/mol. The lowest BCUT2D eigenvalue weighted by Crippen LogP contribution is -2.46. The summed E-state index contributed by atoms with van der Waals surface area (Å²) in [4.78, 5) is 24.8. The lowest BCUT2D eigenvalue weighted by Gasteiger charge is -2.23. The van der Waals surface area contributed by atoms with Crippen LogP contribution in [-0.2, 0) is 14.8 Å². The van der Waals surface area contributed by atoms with E-state index in [1.165, 1.54) is 16.4 Å². The molecule has 3 N–H and O–H groups in total. The maximum atomic E-state index is 13.0. The van der Waals surface area contributed by atoms with E-state index in [2.05, 4.69) is 10.6 Å². The number of hydrogen-bond acceptors (Lipinski definition) is 5. The number of nitrogens with zero attached hydrogens (tertiary/aromatic N) is 1. The van der Waals surface area contributed by atoms with Crippen LogP contribution >= 0.6 is 0 Å². The molecule has 0 unspecified atom stereocenters. The molecule has 1 heterocycles. The number of carbonyl (C=O) groups excluding carboxylic acids is 2. The molecule has 1 aliphatic heterocycles. The zero-order valence-corrected chi connectivity index (χ0v) is 18.2. The number of carbonyl (C=O) groups is 2. The Bertz CT molecular complexity index is 1040. The predicted octanol–water partition coefficient (Wildman–Crippen LogP) is 1.79. The van der Waals surface area contributed by atoms with Crippen molar-refractivity contribution in [3.63, 3.8) is 0 Å². The summed E-state index contributed by atoms with van der Waals surface area (Å²) in [7, 11) is -3.74. The number of nitrogens with one attached hydrogen (secondary N) is 2. The largest absolute Gasteiger partial charge is 0.508 e. The van der Waals surface area contributed by atoms with Crippen LogP contribution < -0.4 is 10.6 Å². The number of amides is 2. The van der Waals surface area contributed by atoms with Crippen molar-refractivity contribution in [1.82, 2.24) is 14.9 Å². The number of aryl methyl sites for hydroxylation is 1. The fourth-order valence-corrected chi connectivity index (χ4v) is 5.16. The highest BCUT2D eigenvalue weighted by molar-refractivity contribution is 7.89.